The molecular weight excluding hydrogens is 361 g/mol. The van der Waals surface area contributed by atoms with Gasteiger partial charge >= 0.3 is 0 Å². The molecule has 1 fully saturated rings. The van der Waals surface area contributed by atoms with Gasteiger partial charge in [-0.2, -0.15) is 5.10 Å². The second kappa shape index (κ2) is 7.59. The minimum absolute atomic E-state index is 0.103. The van der Waals surface area contributed by atoms with Crippen molar-refractivity contribution in [3.8, 4) is 5.69 Å². The van der Waals surface area contributed by atoms with Crippen molar-refractivity contribution in [2.75, 3.05) is 16.8 Å². The first-order valence-corrected chi connectivity index (χ1v) is 8.98. The predicted molar refractivity (Wildman–Crippen MR) is 102 cm³/mol. The fourth-order valence-electron chi connectivity index (χ4n) is 3.18. The van der Waals surface area contributed by atoms with Crippen molar-refractivity contribution < 1.29 is 14.0 Å². The van der Waals surface area contributed by atoms with Crippen molar-refractivity contribution in [1.82, 2.24) is 14.8 Å². The first-order valence-electron chi connectivity index (χ1n) is 8.98. The molecule has 2 amide bonds. The lowest BCUT2D eigenvalue weighted by Crippen LogP contribution is -2.35. The Morgan fingerprint density at radius 1 is 1.11 bits per heavy atom. The summed E-state index contributed by atoms with van der Waals surface area (Å²) >= 11 is 0. The van der Waals surface area contributed by atoms with Gasteiger partial charge < -0.3 is 10.2 Å². The Labute approximate surface area is 160 Å². The normalized spacial score (nSPS) is 14.2. The highest BCUT2D eigenvalue weighted by atomic mass is 19.1. The van der Waals surface area contributed by atoms with Gasteiger partial charge in [0.2, 0.25) is 5.91 Å². The second-order valence-corrected chi connectivity index (χ2v) is 6.51. The summed E-state index contributed by atoms with van der Waals surface area (Å²) in [7, 11) is 0. The van der Waals surface area contributed by atoms with Crippen LogP contribution in [0, 0.1) is 5.82 Å². The van der Waals surface area contributed by atoms with E-state index in [4.69, 9.17) is 0 Å². The fourth-order valence-corrected chi connectivity index (χ4v) is 3.18. The third-order valence-electron chi connectivity index (χ3n) is 4.64. The van der Waals surface area contributed by atoms with Crippen LogP contribution in [0.5, 0.6) is 0 Å². The van der Waals surface area contributed by atoms with Crippen LogP contribution in [0.4, 0.5) is 15.8 Å². The molecule has 1 aliphatic rings. The summed E-state index contributed by atoms with van der Waals surface area (Å²) in [6.45, 7) is 0.696. The zero-order chi connectivity index (χ0) is 19.5. The van der Waals surface area contributed by atoms with Crippen LogP contribution in [0.2, 0.25) is 0 Å². The number of rotatable bonds is 4. The molecule has 0 saturated carbocycles. The van der Waals surface area contributed by atoms with Gasteiger partial charge in [0.05, 0.1) is 0 Å². The van der Waals surface area contributed by atoms with E-state index in [0.29, 0.717) is 24.2 Å². The molecule has 0 bridgehead atoms. The van der Waals surface area contributed by atoms with Gasteiger partial charge in [-0.3, -0.25) is 9.59 Å². The number of aromatic nitrogens is 3. The van der Waals surface area contributed by atoms with Gasteiger partial charge in [-0.05, 0) is 55.3 Å². The standard InChI is InChI=1S/C20H18FN5O2/c21-17-11-15(6-9-18(17)26-13-22-12-23-26)24-20(28)14-4-7-16(8-5-14)25-10-2-1-3-19(25)27/h4-9,11-13H,1-3,10H2,(H,24,28). The number of hydrogen-bond acceptors (Lipinski definition) is 4. The van der Waals surface area contributed by atoms with Crippen molar-refractivity contribution >= 4 is 23.2 Å². The number of nitrogens with one attached hydrogen (secondary N) is 1. The van der Waals surface area contributed by atoms with Crippen LogP contribution in [0.3, 0.4) is 0 Å². The van der Waals surface area contributed by atoms with Crippen LogP contribution in [-0.4, -0.2) is 33.1 Å². The average Bonchev–Trinajstić information content (AvgIpc) is 3.23. The number of carbonyl (C=O) groups is 2. The Balaban J connectivity index is 1.46. The molecule has 8 heteroatoms. The van der Waals surface area contributed by atoms with Gasteiger partial charge in [0.15, 0.2) is 5.82 Å². The summed E-state index contributed by atoms with van der Waals surface area (Å²) in [5.41, 5.74) is 1.78. The SMILES string of the molecule is O=C(Nc1ccc(-n2cncn2)c(F)c1)c1ccc(N2CCCCC2=O)cc1. The van der Waals surface area contributed by atoms with Gasteiger partial charge in [-0.1, -0.05) is 0 Å². The maximum absolute atomic E-state index is 14.3. The van der Waals surface area contributed by atoms with Crippen LogP contribution in [0.25, 0.3) is 5.69 Å². The molecule has 0 radical (unpaired) electrons. The number of carbonyl (C=O) groups excluding carboxylic acids is 2. The molecule has 0 atom stereocenters. The fraction of sp³-hybridized carbons (Fsp3) is 0.200. The largest absolute Gasteiger partial charge is 0.322 e. The summed E-state index contributed by atoms with van der Waals surface area (Å²) in [5, 5.41) is 6.56. The van der Waals surface area contributed by atoms with E-state index in [1.807, 2.05) is 0 Å². The van der Waals surface area contributed by atoms with E-state index in [-0.39, 0.29) is 17.5 Å². The lowest BCUT2D eigenvalue weighted by Gasteiger charge is -2.26. The van der Waals surface area contributed by atoms with Gasteiger partial charge in [0, 0.05) is 29.9 Å². The molecular formula is C20H18FN5O2. The molecule has 2 aromatic carbocycles. The molecule has 7 nitrogen and oxygen atoms in total. The van der Waals surface area contributed by atoms with Crippen molar-refractivity contribution in [3.63, 3.8) is 0 Å². The molecule has 1 aliphatic heterocycles. The van der Waals surface area contributed by atoms with Gasteiger partial charge in [0.25, 0.3) is 5.91 Å². The quantitative estimate of drug-likeness (QED) is 0.755. The molecule has 0 aliphatic carbocycles. The zero-order valence-corrected chi connectivity index (χ0v) is 15.0. The van der Waals surface area contributed by atoms with Crippen molar-refractivity contribution in [1.29, 1.82) is 0 Å². The summed E-state index contributed by atoms with van der Waals surface area (Å²) in [5.74, 6) is -0.780. The maximum Gasteiger partial charge on any atom is 0.255 e. The number of hydrogen-bond donors (Lipinski definition) is 1. The molecule has 28 heavy (non-hydrogen) atoms. The Morgan fingerprint density at radius 3 is 2.61 bits per heavy atom. The molecule has 3 aromatic rings. The van der Waals surface area contributed by atoms with Gasteiger partial charge in [0.1, 0.15) is 18.3 Å². The van der Waals surface area contributed by atoms with Gasteiger partial charge in [-0.15, -0.1) is 0 Å². The average molecular weight is 379 g/mol. The third-order valence-corrected chi connectivity index (χ3v) is 4.64. The highest BCUT2D eigenvalue weighted by molar-refractivity contribution is 6.04. The number of amides is 2. The molecule has 1 aromatic heterocycles. The van der Waals surface area contributed by atoms with Crippen molar-refractivity contribution in [2.24, 2.45) is 0 Å². The van der Waals surface area contributed by atoms with Crippen LogP contribution in [0.1, 0.15) is 29.6 Å². The van der Waals surface area contributed by atoms with E-state index in [9.17, 15) is 14.0 Å². The molecule has 0 unspecified atom stereocenters. The molecule has 142 valence electrons. The van der Waals surface area contributed by atoms with E-state index in [0.717, 1.165) is 18.5 Å². The van der Waals surface area contributed by atoms with E-state index in [2.05, 4.69) is 15.4 Å². The van der Waals surface area contributed by atoms with Crippen molar-refractivity contribution in [3.05, 3.63) is 66.5 Å². The monoisotopic (exact) mass is 379 g/mol. The van der Waals surface area contributed by atoms with E-state index >= 15 is 0 Å². The number of halogens is 1. The summed E-state index contributed by atoms with van der Waals surface area (Å²) in [4.78, 5) is 30.0. The van der Waals surface area contributed by atoms with Gasteiger partial charge in [-0.25, -0.2) is 14.1 Å². The molecule has 0 spiro atoms. The highest BCUT2D eigenvalue weighted by Crippen LogP contribution is 2.22. The van der Waals surface area contributed by atoms with E-state index < -0.39 is 5.82 Å². The van der Waals surface area contributed by atoms with Crippen LogP contribution in [-0.2, 0) is 4.79 Å². The predicted octanol–water partition coefficient (Wildman–Crippen LogP) is 3.18. The number of anilines is 2. The Hall–Kier alpha value is -3.55. The Kier molecular flexibility index (Phi) is 4.84. The Bertz CT molecular complexity index is 1000. The van der Waals surface area contributed by atoms with Crippen LogP contribution >= 0.6 is 0 Å². The zero-order valence-electron chi connectivity index (χ0n) is 15.0. The maximum atomic E-state index is 14.3. The smallest absolute Gasteiger partial charge is 0.255 e. The summed E-state index contributed by atoms with van der Waals surface area (Å²) < 4.78 is 15.6. The first-order chi connectivity index (χ1) is 13.6. The van der Waals surface area contributed by atoms with Crippen LogP contribution in [0.15, 0.2) is 55.1 Å². The highest BCUT2D eigenvalue weighted by Gasteiger charge is 2.19. The molecule has 1 N–H and O–H groups in total. The first kappa shape index (κ1) is 17.8. The van der Waals surface area contributed by atoms with Crippen LogP contribution < -0.4 is 10.2 Å². The third kappa shape index (κ3) is 3.62. The molecule has 1 saturated heterocycles. The number of nitrogens with zero attached hydrogens (tertiary/aromatic N) is 4. The number of benzene rings is 2. The minimum Gasteiger partial charge on any atom is -0.322 e. The summed E-state index contributed by atoms with van der Waals surface area (Å²) in [6, 6.07) is 11.2. The second-order valence-electron chi connectivity index (χ2n) is 6.51. The minimum atomic E-state index is -0.526. The number of piperidine rings is 1. The van der Waals surface area contributed by atoms with Crippen molar-refractivity contribution in [2.45, 2.75) is 19.3 Å². The van der Waals surface area contributed by atoms with E-state index in [1.165, 1.54) is 29.5 Å². The lowest BCUT2D eigenvalue weighted by atomic mass is 10.1. The molecule has 4 rings (SSSR count). The van der Waals surface area contributed by atoms with E-state index in [1.54, 1.807) is 35.2 Å². The summed E-state index contributed by atoms with van der Waals surface area (Å²) in [6.07, 6.45) is 5.16. The lowest BCUT2D eigenvalue weighted by molar-refractivity contribution is -0.119. The molecule has 2 heterocycles. The topological polar surface area (TPSA) is 80.1 Å². The Morgan fingerprint density at radius 2 is 1.93 bits per heavy atom.